The summed E-state index contributed by atoms with van der Waals surface area (Å²) in [5, 5.41) is 0. The van der Waals surface area contributed by atoms with Crippen LogP contribution >= 0.6 is 0 Å². The maximum absolute atomic E-state index is 14.0. The summed E-state index contributed by atoms with van der Waals surface area (Å²) in [5.74, 6) is -1.08. The molecule has 0 aliphatic carbocycles. The predicted octanol–water partition coefficient (Wildman–Crippen LogP) is 2.49. The highest BCUT2D eigenvalue weighted by atomic mass is 32.2. The molecule has 3 rings (SSSR count). The normalized spacial score (nSPS) is 16.6. The van der Waals surface area contributed by atoms with Gasteiger partial charge in [0.15, 0.2) is 0 Å². The fourth-order valence-electron chi connectivity index (χ4n) is 3.46. The summed E-state index contributed by atoms with van der Waals surface area (Å²) in [4.78, 5) is 15.9. The lowest BCUT2D eigenvalue weighted by Gasteiger charge is -2.35. The number of benzene rings is 2. The molecule has 1 heterocycles. The lowest BCUT2D eigenvalue weighted by atomic mass is 10.1. The van der Waals surface area contributed by atoms with Gasteiger partial charge >= 0.3 is 0 Å². The summed E-state index contributed by atoms with van der Waals surface area (Å²) < 4.78 is 54.0. The van der Waals surface area contributed by atoms with E-state index in [-0.39, 0.29) is 55.4 Å². The van der Waals surface area contributed by atoms with Crippen LogP contribution in [0.5, 0.6) is 0 Å². The van der Waals surface area contributed by atoms with Crippen molar-refractivity contribution in [2.75, 3.05) is 39.8 Å². The van der Waals surface area contributed by atoms with E-state index < -0.39 is 15.8 Å². The molecule has 1 aliphatic rings. The van der Waals surface area contributed by atoms with Crippen LogP contribution in [0.1, 0.15) is 18.5 Å². The lowest BCUT2D eigenvalue weighted by Crippen LogP contribution is -2.52. The van der Waals surface area contributed by atoms with Gasteiger partial charge in [-0.3, -0.25) is 9.69 Å². The van der Waals surface area contributed by atoms with Crippen molar-refractivity contribution in [3.8, 4) is 0 Å². The topological polar surface area (TPSA) is 60.9 Å². The van der Waals surface area contributed by atoms with Gasteiger partial charge in [0.2, 0.25) is 15.9 Å². The first-order valence-corrected chi connectivity index (χ1v) is 11.1. The van der Waals surface area contributed by atoms with Crippen molar-refractivity contribution in [3.05, 3.63) is 65.7 Å². The molecule has 0 spiro atoms. The highest BCUT2D eigenvalue weighted by Gasteiger charge is 2.31. The maximum Gasteiger partial charge on any atom is 0.243 e. The Bertz CT molecular complexity index is 1010. The monoisotopic (exact) mass is 437 g/mol. The molecule has 1 aliphatic heterocycles. The van der Waals surface area contributed by atoms with E-state index >= 15 is 0 Å². The average Bonchev–Trinajstić information content (AvgIpc) is 2.73. The molecule has 1 amide bonds. The number of carbonyl (C=O) groups is 1. The van der Waals surface area contributed by atoms with Crippen LogP contribution in [0.25, 0.3) is 0 Å². The number of nitrogens with zero attached hydrogens (tertiary/aromatic N) is 3. The van der Waals surface area contributed by atoms with Crippen LogP contribution in [0.2, 0.25) is 0 Å². The zero-order valence-electron chi connectivity index (χ0n) is 17.0. The second-order valence-corrected chi connectivity index (χ2v) is 9.29. The number of rotatable bonds is 6. The van der Waals surface area contributed by atoms with Gasteiger partial charge in [-0.25, -0.2) is 17.2 Å². The Morgan fingerprint density at radius 1 is 1.07 bits per heavy atom. The molecule has 1 saturated heterocycles. The third-order valence-electron chi connectivity index (χ3n) is 5.43. The fraction of sp³-hybridized carbons (Fsp3) is 0.381. The van der Waals surface area contributed by atoms with E-state index in [2.05, 4.69) is 0 Å². The molecule has 2 aromatic rings. The Hall–Kier alpha value is -2.36. The summed E-state index contributed by atoms with van der Waals surface area (Å²) >= 11 is 0. The molecular formula is C21H25F2N3O3S. The van der Waals surface area contributed by atoms with E-state index in [1.807, 2.05) is 6.92 Å². The van der Waals surface area contributed by atoms with Crippen LogP contribution in [0, 0.1) is 11.6 Å². The molecule has 0 aromatic heterocycles. The summed E-state index contributed by atoms with van der Waals surface area (Å²) in [6.07, 6.45) is 0. The first kappa shape index (κ1) is 22.3. The molecule has 6 nitrogen and oxygen atoms in total. The zero-order chi connectivity index (χ0) is 21.9. The molecule has 0 N–H and O–H groups in total. The number of sulfonamides is 1. The van der Waals surface area contributed by atoms with E-state index in [0.29, 0.717) is 5.56 Å². The highest BCUT2D eigenvalue weighted by molar-refractivity contribution is 7.89. The van der Waals surface area contributed by atoms with Crippen molar-refractivity contribution in [1.29, 1.82) is 0 Å². The van der Waals surface area contributed by atoms with Crippen molar-refractivity contribution < 1.29 is 22.0 Å². The largest absolute Gasteiger partial charge is 0.339 e. The fourth-order valence-corrected chi connectivity index (χ4v) is 4.91. The molecule has 2 aromatic carbocycles. The Morgan fingerprint density at radius 3 is 2.37 bits per heavy atom. The molecular weight excluding hydrogens is 412 g/mol. The van der Waals surface area contributed by atoms with Gasteiger partial charge < -0.3 is 4.90 Å². The average molecular weight is 438 g/mol. The first-order chi connectivity index (χ1) is 14.2. The third-order valence-corrected chi connectivity index (χ3v) is 7.32. The SMILES string of the molecule is CC(c1ccccc1F)N(C)CC(=O)N1CCN(S(=O)(=O)c2cccc(F)c2)CC1. The molecule has 1 fully saturated rings. The summed E-state index contributed by atoms with van der Waals surface area (Å²) in [7, 11) is -2.06. The van der Waals surface area contributed by atoms with Crippen molar-refractivity contribution in [2.45, 2.75) is 17.9 Å². The summed E-state index contributed by atoms with van der Waals surface area (Å²) in [5.41, 5.74) is 0.513. The van der Waals surface area contributed by atoms with Crippen LogP contribution in [-0.4, -0.2) is 68.2 Å². The van der Waals surface area contributed by atoms with Crippen molar-refractivity contribution in [3.63, 3.8) is 0 Å². The minimum Gasteiger partial charge on any atom is -0.339 e. The number of halogens is 2. The quantitative estimate of drug-likeness (QED) is 0.697. The van der Waals surface area contributed by atoms with Gasteiger partial charge in [-0.2, -0.15) is 4.31 Å². The first-order valence-electron chi connectivity index (χ1n) is 9.68. The Kier molecular flexibility index (Phi) is 6.84. The van der Waals surface area contributed by atoms with E-state index in [1.54, 1.807) is 35.0 Å². The Labute approximate surface area is 175 Å². The van der Waals surface area contributed by atoms with Gasteiger partial charge in [0.1, 0.15) is 11.6 Å². The van der Waals surface area contributed by atoms with Crippen LogP contribution in [0.15, 0.2) is 53.4 Å². The van der Waals surface area contributed by atoms with E-state index in [9.17, 15) is 22.0 Å². The van der Waals surface area contributed by atoms with Gasteiger partial charge in [0.05, 0.1) is 11.4 Å². The number of likely N-dealkylation sites (N-methyl/N-ethyl adjacent to an activating group) is 1. The van der Waals surface area contributed by atoms with Crippen molar-refractivity contribution >= 4 is 15.9 Å². The predicted molar refractivity (Wildman–Crippen MR) is 109 cm³/mol. The lowest BCUT2D eigenvalue weighted by molar-refractivity contribution is -0.133. The Morgan fingerprint density at radius 2 is 1.73 bits per heavy atom. The number of hydrogen-bond donors (Lipinski definition) is 0. The van der Waals surface area contributed by atoms with Crippen LogP contribution in [-0.2, 0) is 14.8 Å². The van der Waals surface area contributed by atoms with Gasteiger partial charge in [0.25, 0.3) is 0 Å². The number of amides is 1. The van der Waals surface area contributed by atoms with Crippen LogP contribution in [0.3, 0.4) is 0 Å². The molecule has 0 bridgehead atoms. The Balaban J connectivity index is 1.58. The molecule has 162 valence electrons. The van der Waals surface area contributed by atoms with Crippen LogP contribution < -0.4 is 0 Å². The van der Waals surface area contributed by atoms with Crippen molar-refractivity contribution in [2.24, 2.45) is 0 Å². The second kappa shape index (κ2) is 9.20. The second-order valence-electron chi connectivity index (χ2n) is 7.35. The van der Waals surface area contributed by atoms with Gasteiger partial charge in [-0.1, -0.05) is 24.3 Å². The third kappa shape index (κ3) is 4.85. The molecule has 0 saturated carbocycles. The number of carbonyl (C=O) groups excluding carboxylic acids is 1. The van der Waals surface area contributed by atoms with Gasteiger partial charge in [-0.05, 0) is 38.2 Å². The zero-order valence-corrected chi connectivity index (χ0v) is 17.8. The molecule has 30 heavy (non-hydrogen) atoms. The summed E-state index contributed by atoms with van der Waals surface area (Å²) in [6.45, 7) is 2.68. The maximum atomic E-state index is 14.0. The summed E-state index contributed by atoms with van der Waals surface area (Å²) in [6, 6.07) is 11.1. The van der Waals surface area contributed by atoms with E-state index in [1.165, 1.54) is 28.6 Å². The molecule has 9 heteroatoms. The minimum atomic E-state index is -3.81. The van der Waals surface area contributed by atoms with Crippen LogP contribution in [0.4, 0.5) is 8.78 Å². The molecule has 1 atom stereocenters. The van der Waals surface area contributed by atoms with Crippen molar-refractivity contribution in [1.82, 2.24) is 14.1 Å². The molecule has 0 radical (unpaired) electrons. The van der Waals surface area contributed by atoms with Gasteiger partial charge in [0, 0.05) is 37.8 Å². The van der Waals surface area contributed by atoms with E-state index in [4.69, 9.17) is 0 Å². The number of hydrogen-bond acceptors (Lipinski definition) is 4. The highest BCUT2D eigenvalue weighted by Crippen LogP contribution is 2.22. The van der Waals surface area contributed by atoms with Gasteiger partial charge in [-0.15, -0.1) is 0 Å². The van der Waals surface area contributed by atoms with E-state index in [0.717, 1.165) is 6.07 Å². The smallest absolute Gasteiger partial charge is 0.243 e. The number of piperazine rings is 1. The minimum absolute atomic E-state index is 0.0894. The molecule has 1 unspecified atom stereocenters. The standard InChI is InChI=1S/C21H25F2N3O3S/c1-16(19-8-3-4-9-20(19)23)24(2)15-21(27)25-10-12-26(13-11-25)30(28,29)18-7-5-6-17(22)14-18/h3-9,14,16H,10-13,15H2,1-2H3.